The van der Waals surface area contributed by atoms with Gasteiger partial charge in [0.2, 0.25) is 0 Å². The van der Waals surface area contributed by atoms with Gasteiger partial charge in [-0.25, -0.2) is 9.97 Å². The number of aromatic amines is 1. The van der Waals surface area contributed by atoms with Crippen LogP contribution in [-0.4, -0.2) is 39.3 Å². The first-order valence-electron chi connectivity index (χ1n) is 10.1. The van der Waals surface area contributed by atoms with Crippen molar-refractivity contribution in [2.75, 3.05) is 18.0 Å². The Balaban J connectivity index is 0. The normalized spacial score (nSPS) is 20.3. The Kier molecular flexibility index (Phi) is 5.40. The number of nitrogens with two attached hydrogens (primary N) is 1. The van der Waals surface area contributed by atoms with Gasteiger partial charge in [-0.15, -0.1) is 0 Å². The first-order chi connectivity index (χ1) is 14.2. The predicted molar refractivity (Wildman–Crippen MR) is 120 cm³/mol. The average molecular weight is 429 g/mol. The predicted octanol–water partition coefficient (Wildman–Crippen LogP) is 5.47. The molecule has 3 aromatic rings. The molecule has 30 heavy (non-hydrogen) atoms. The first-order valence-corrected chi connectivity index (χ1v) is 10.1. The molecular weight excluding hydrogens is 393 g/mol. The van der Waals surface area contributed by atoms with Gasteiger partial charge in [0.05, 0.1) is 11.3 Å². The van der Waals surface area contributed by atoms with Crippen LogP contribution in [0.5, 0.6) is 0 Å². The molecule has 1 unspecified atom stereocenters. The molecule has 3 aromatic heterocycles. The van der Waals surface area contributed by atoms with Gasteiger partial charge in [0.1, 0.15) is 11.5 Å². The van der Waals surface area contributed by atoms with Crippen molar-refractivity contribution >= 4 is 16.9 Å². The summed E-state index contributed by atoms with van der Waals surface area (Å²) in [5.41, 5.74) is 5.92. The van der Waals surface area contributed by atoms with E-state index in [0.29, 0.717) is 35.9 Å². The second kappa shape index (κ2) is 7.86. The van der Waals surface area contributed by atoms with Crippen molar-refractivity contribution in [1.29, 1.82) is 0 Å². The van der Waals surface area contributed by atoms with Gasteiger partial charge in [0.25, 0.3) is 0 Å². The van der Waals surface area contributed by atoms with E-state index in [1.165, 1.54) is 6.07 Å². The summed E-state index contributed by atoms with van der Waals surface area (Å²) in [6.45, 7) is 5.65. The number of alkyl halides is 3. The Morgan fingerprint density at radius 3 is 2.83 bits per heavy atom. The fourth-order valence-corrected chi connectivity index (χ4v) is 4.19. The van der Waals surface area contributed by atoms with Crippen LogP contribution in [0.15, 0.2) is 30.5 Å². The smallest absolute Gasteiger partial charge is 0.356 e. The molecule has 6 nitrogen and oxygen atoms in total. The zero-order valence-electron chi connectivity index (χ0n) is 16.9. The number of anilines is 1. The summed E-state index contributed by atoms with van der Waals surface area (Å²) < 4.78 is 41.3. The summed E-state index contributed by atoms with van der Waals surface area (Å²) in [6, 6.07) is 6.01. The number of H-pyrrole nitrogens is 1. The molecule has 3 N–H and O–H groups in total. The largest absolute Gasteiger partial charge is 0.418 e. The fourth-order valence-electron chi connectivity index (χ4n) is 4.19. The molecule has 0 amide bonds. The van der Waals surface area contributed by atoms with Gasteiger partial charge < -0.3 is 10.6 Å². The third kappa shape index (κ3) is 3.98. The molecule has 0 aliphatic carbocycles. The Bertz CT molecular complexity index is 1050. The average Bonchev–Trinajstić information content (AvgIpc) is 3.12. The highest BCUT2D eigenvalue weighted by Gasteiger charge is 2.36. The molecule has 0 aromatic carbocycles. The number of hydrogen-bond acceptors (Lipinski definition) is 5. The molecule has 1 aliphatic heterocycles. The van der Waals surface area contributed by atoms with Gasteiger partial charge in [-0.3, -0.25) is 5.10 Å². The van der Waals surface area contributed by atoms with Crippen LogP contribution in [0.4, 0.5) is 19.0 Å². The first kappa shape index (κ1) is 20.6. The van der Waals surface area contributed by atoms with Crippen LogP contribution in [0.1, 0.15) is 39.4 Å². The zero-order chi connectivity index (χ0) is 21.5. The minimum atomic E-state index is -4.54. The summed E-state index contributed by atoms with van der Waals surface area (Å²) >= 11 is 0. The molecule has 1 fully saturated rings. The van der Waals surface area contributed by atoms with Crippen LogP contribution in [0, 0.1) is 11.8 Å². The minimum absolute atomic E-state index is 0. The molecular formula is C21H35F3N6. The van der Waals surface area contributed by atoms with Crippen molar-refractivity contribution in [3.8, 4) is 11.4 Å². The molecule has 4 heterocycles. The van der Waals surface area contributed by atoms with E-state index in [1.54, 1.807) is 18.3 Å². The van der Waals surface area contributed by atoms with Gasteiger partial charge in [-0.2, -0.15) is 18.3 Å². The molecule has 1 saturated heterocycles. The van der Waals surface area contributed by atoms with Crippen LogP contribution < -0.4 is 10.6 Å². The molecule has 1 aliphatic rings. The third-order valence-electron chi connectivity index (χ3n) is 5.64. The Hall–Kier alpha value is -2.68. The molecule has 170 valence electrons. The van der Waals surface area contributed by atoms with Gasteiger partial charge in [0, 0.05) is 37.8 Å². The summed E-state index contributed by atoms with van der Waals surface area (Å²) in [6.07, 6.45) is -1.23. The SMILES string of the molecule is CC(C)C[C@H]1CN(c2ccc(C(F)(F)F)c(-c3[nH]nc4ncccc34)n2)CCC1N.[HH].[HH].[HH].[HH].[HH]. The maximum atomic E-state index is 13.8. The number of pyridine rings is 2. The lowest BCUT2D eigenvalue weighted by atomic mass is 9.86. The molecule has 2 atom stereocenters. The summed E-state index contributed by atoms with van der Waals surface area (Å²) in [7, 11) is 0. The van der Waals surface area contributed by atoms with Gasteiger partial charge in [-0.1, -0.05) is 13.8 Å². The maximum Gasteiger partial charge on any atom is 0.418 e. The number of aromatic nitrogens is 4. The minimum Gasteiger partial charge on any atom is -0.356 e. The second-order valence-electron chi connectivity index (χ2n) is 8.32. The van der Waals surface area contributed by atoms with Crippen molar-refractivity contribution in [2.24, 2.45) is 17.6 Å². The molecule has 0 radical (unpaired) electrons. The topological polar surface area (TPSA) is 83.7 Å². The highest BCUT2D eigenvalue weighted by Crippen LogP contribution is 2.39. The van der Waals surface area contributed by atoms with E-state index >= 15 is 0 Å². The van der Waals surface area contributed by atoms with Crippen LogP contribution in [0.25, 0.3) is 22.4 Å². The molecule has 9 heteroatoms. The lowest BCUT2D eigenvalue weighted by molar-refractivity contribution is -0.137. The van der Waals surface area contributed by atoms with Gasteiger partial charge >= 0.3 is 6.18 Å². The van der Waals surface area contributed by atoms with E-state index in [4.69, 9.17) is 5.73 Å². The number of nitrogens with zero attached hydrogens (tertiary/aromatic N) is 4. The molecule has 0 spiro atoms. The van der Waals surface area contributed by atoms with Crippen molar-refractivity contribution in [3.05, 3.63) is 36.0 Å². The van der Waals surface area contributed by atoms with Gasteiger partial charge in [-0.05, 0) is 48.9 Å². The fraction of sp³-hybridized carbons (Fsp3) is 0.476. The van der Waals surface area contributed by atoms with E-state index in [9.17, 15) is 13.2 Å². The van der Waals surface area contributed by atoms with Crippen LogP contribution >= 0.6 is 0 Å². The van der Waals surface area contributed by atoms with Crippen LogP contribution in [0.3, 0.4) is 0 Å². The van der Waals surface area contributed by atoms with E-state index in [2.05, 4.69) is 34.0 Å². The van der Waals surface area contributed by atoms with Gasteiger partial charge in [0.15, 0.2) is 5.65 Å². The van der Waals surface area contributed by atoms with Crippen molar-refractivity contribution in [1.82, 2.24) is 20.2 Å². The number of halogens is 3. The lowest BCUT2D eigenvalue weighted by Crippen LogP contribution is -2.47. The third-order valence-corrected chi connectivity index (χ3v) is 5.64. The highest BCUT2D eigenvalue weighted by molar-refractivity contribution is 5.90. The Labute approximate surface area is 180 Å². The van der Waals surface area contributed by atoms with E-state index in [-0.39, 0.29) is 30.5 Å². The maximum absolute atomic E-state index is 13.8. The second-order valence-corrected chi connectivity index (χ2v) is 8.32. The zero-order valence-corrected chi connectivity index (χ0v) is 16.9. The Morgan fingerprint density at radius 2 is 2.10 bits per heavy atom. The van der Waals surface area contributed by atoms with Crippen molar-refractivity contribution < 1.29 is 20.3 Å². The van der Waals surface area contributed by atoms with Crippen LogP contribution in [-0.2, 0) is 6.18 Å². The number of hydrogen-bond donors (Lipinski definition) is 2. The summed E-state index contributed by atoms with van der Waals surface area (Å²) in [4.78, 5) is 10.6. The Morgan fingerprint density at radius 1 is 1.30 bits per heavy atom. The molecule has 0 saturated carbocycles. The lowest BCUT2D eigenvalue weighted by Gasteiger charge is -2.38. The van der Waals surface area contributed by atoms with Crippen molar-refractivity contribution in [2.45, 2.75) is 38.9 Å². The number of rotatable bonds is 4. The molecule has 4 rings (SSSR count). The van der Waals surface area contributed by atoms with Crippen LogP contribution in [0.2, 0.25) is 0 Å². The monoisotopic (exact) mass is 428 g/mol. The number of nitrogens with one attached hydrogen (secondary N) is 1. The highest BCUT2D eigenvalue weighted by atomic mass is 19.4. The standard InChI is InChI=1S/C21H25F3N6.5H2/c1-12(2)10-13-11-30(9-7-16(13)25)17-6-5-15(21(22,23)24)19(27-17)18-14-4-3-8-26-20(14)29-28-18;;;;;/h3-6,8,12-13,16H,7,9-11,25H2,1-2H3,(H,26,28,29);5*1H/t13-,16?;;;;;/m0...../s1. The van der Waals surface area contributed by atoms with Crippen molar-refractivity contribution in [3.63, 3.8) is 0 Å². The number of fused-ring (bicyclic) bond motifs is 1. The van der Waals surface area contributed by atoms with E-state index < -0.39 is 11.7 Å². The summed E-state index contributed by atoms with van der Waals surface area (Å²) in [5.74, 6) is 1.30. The molecule has 0 bridgehead atoms. The quantitative estimate of drug-likeness (QED) is 0.576. The van der Waals surface area contributed by atoms with E-state index in [1.807, 2.05) is 4.90 Å². The number of piperidine rings is 1. The summed E-state index contributed by atoms with van der Waals surface area (Å²) in [5, 5.41) is 7.25. The van der Waals surface area contributed by atoms with E-state index in [0.717, 1.165) is 18.9 Å².